The molecule has 0 aliphatic rings. The van der Waals surface area contributed by atoms with Crippen LogP contribution in [0.5, 0.6) is 0 Å². The highest BCUT2D eigenvalue weighted by molar-refractivity contribution is 5.76. The number of hydrogen-bond donors (Lipinski definition) is 3. The quantitative estimate of drug-likeness (QED) is 0.0321. The first-order valence-electron chi connectivity index (χ1n) is 27.3. The third kappa shape index (κ3) is 47.6. The van der Waals surface area contributed by atoms with Crippen molar-refractivity contribution in [1.82, 2.24) is 5.32 Å². The highest BCUT2D eigenvalue weighted by Crippen LogP contribution is 2.16. The maximum Gasteiger partial charge on any atom is 0.305 e. The van der Waals surface area contributed by atoms with E-state index in [1.165, 1.54) is 180 Å². The summed E-state index contributed by atoms with van der Waals surface area (Å²) in [6.07, 6.45) is 63.0. The van der Waals surface area contributed by atoms with Gasteiger partial charge in [-0.3, -0.25) is 9.59 Å². The minimum Gasteiger partial charge on any atom is -0.466 e. The Balaban J connectivity index is 3.56. The Morgan fingerprint density at radius 1 is 0.435 bits per heavy atom. The van der Waals surface area contributed by atoms with Crippen LogP contribution in [-0.2, 0) is 14.3 Å². The zero-order chi connectivity index (χ0) is 45.1. The normalized spacial score (nSPS) is 12.9. The number of rotatable bonds is 50. The number of aliphatic hydroxyl groups is 2. The summed E-state index contributed by atoms with van der Waals surface area (Å²) < 4.78 is 5.43. The highest BCUT2D eigenvalue weighted by atomic mass is 16.5. The van der Waals surface area contributed by atoms with E-state index >= 15 is 0 Å². The second kappa shape index (κ2) is 51.7. The van der Waals surface area contributed by atoms with Crippen molar-refractivity contribution < 1.29 is 24.5 Å². The lowest BCUT2D eigenvalue weighted by molar-refractivity contribution is -0.143. The number of carbonyl (C=O) groups excluding carboxylic acids is 2. The number of unbranched alkanes of at least 4 members (excludes halogenated alkanes) is 35. The van der Waals surface area contributed by atoms with Gasteiger partial charge in [-0.05, 0) is 83.5 Å². The molecule has 1 amide bonds. The molecule has 0 aromatic carbocycles. The minimum atomic E-state index is -0.867. The lowest BCUT2D eigenvalue weighted by Gasteiger charge is -2.20. The van der Waals surface area contributed by atoms with Crippen LogP contribution >= 0.6 is 0 Å². The van der Waals surface area contributed by atoms with E-state index in [-0.39, 0.29) is 18.5 Å². The maximum absolute atomic E-state index is 12.4. The van der Waals surface area contributed by atoms with E-state index in [9.17, 15) is 19.8 Å². The molecule has 0 fully saturated rings. The van der Waals surface area contributed by atoms with Crippen molar-refractivity contribution >= 4 is 11.9 Å². The van der Waals surface area contributed by atoms with Crippen LogP contribution in [0, 0.1) is 0 Å². The standard InChI is InChI=1S/C56H105NO5/c1-3-5-7-9-11-13-15-17-19-21-22-23-24-26-28-32-36-40-44-48-54(59)53(52-58)57-55(60)49-45-41-37-33-30-31-35-39-43-47-51-62-56(61)50-46-42-38-34-29-27-25-20-18-16-14-12-10-8-6-4-2/h20,25,31,35,44,48,53-54,58-59H,3-19,21-24,26-30,32-34,36-43,45-47,49-52H2,1-2H3,(H,57,60)/b25-20-,35-31-,48-44+. The fourth-order valence-corrected chi connectivity index (χ4v) is 8.15. The van der Waals surface area contributed by atoms with Gasteiger partial charge in [-0.2, -0.15) is 0 Å². The number of allylic oxidation sites excluding steroid dienone is 5. The zero-order valence-corrected chi connectivity index (χ0v) is 41.4. The first-order valence-corrected chi connectivity index (χ1v) is 27.3. The molecule has 0 aromatic heterocycles. The fourth-order valence-electron chi connectivity index (χ4n) is 8.15. The summed E-state index contributed by atoms with van der Waals surface area (Å²) in [5, 5.41) is 23.1. The van der Waals surface area contributed by atoms with E-state index in [0.29, 0.717) is 19.4 Å². The van der Waals surface area contributed by atoms with E-state index in [4.69, 9.17) is 4.74 Å². The first-order chi connectivity index (χ1) is 30.5. The molecule has 62 heavy (non-hydrogen) atoms. The third-order valence-electron chi connectivity index (χ3n) is 12.4. The predicted molar refractivity (Wildman–Crippen MR) is 269 cm³/mol. The maximum atomic E-state index is 12.4. The van der Waals surface area contributed by atoms with Crippen LogP contribution in [-0.4, -0.2) is 47.4 Å². The van der Waals surface area contributed by atoms with Gasteiger partial charge in [-0.15, -0.1) is 0 Å². The Bertz CT molecular complexity index is 1010. The number of ether oxygens (including phenoxy) is 1. The zero-order valence-electron chi connectivity index (χ0n) is 41.4. The van der Waals surface area contributed by atoms with Gasteiger partial charge >= 0.3 is 5.97 Å². The summed E-state index contributed by atoms with van der Waals surface area (Å²) >= 11 is 0. The lowest BCUT2D eigenvalue weighted by Crippen LogP contribution is -2.45. The number of carbonyl (C=O) groups is 2. The van der Waals surface area contributed by atoms with Gasteiger partial charge in [0.05, 0.1) is 25.4 Å². The molecular weight excluding hydrogens is 767 g/mol. The summed E-state index contributed by atoms with van der Waals surface area (Å²) in [6.45, 7) is 4.81. The Morgan fingerprint density at radius 2 is 0.758 bits per heavy atom. The molecule has 0 heterocycles. The van der Waals surface area contributed by atoms with Crippen molar-refractivity contribution in [1.29, 1.82) is 0 Å². The SMILES string of the molecule is CCCCCCCCC/C=C\CCCCCCCC(=O)OCCCC/C=C\CCCCCCC(=O)NC(CO)C(O)/C=C/CCCCCCCCCCCCCCCCCCC. The monoisotopic (exact) mass is 872 g/mol. The lowest BCUT2D eigenvalue weighted by atomic mass is 10.0. The summed E-state index contributed by atoms with van der Waals surface area (Å²) in [7, 11) is 0. The Morgan fingerprint density at radius 3 is 1.15 bits per heavy atom. The van der Waals surface area contributed by atoms with Crippen molar-refractivity contribution in [3.63, 3.8) is 0 Å². The largest absolute Gasteiger partial charge is 0.466 e. The molecule has 0 aliphatic carbocycles. The second-order valence-electron chi connectivity index (χ2n) is 18.5. The molecule has 0 spiro atoms. The van der Waals surface area contributed by atoms with Crippen LogP contribution in [0.25, 0.3) is 0 Å². The summed E-state index contributed by atoms with van der Waals surface area (Å²) in [6, 6.07) is -0.654. The van der Waals surface area contributed by atoms with Gasteiger partial charge < -0.3 is 20.3 Å². The van der Waals surface area contributed by atoms with Crippen LogP contribution in [0.2, 0.25) is 0 Å². The van der Waals surface area contributed by atoms with Gasteiger partial charge in [0, 0.05) is 12.8 Å². The molecule has 0 saturated carbocycles. The average molecular weight is 872 g/mol. The highest BCUT2D eigenvalue weighted by Gasteiger charge is 2.18. The molecule has 6 heteroatoms. The first kappa shape index (κ1) is 60.1. The van der Waals surface area contributed by atoms with E-state index in [0.717, 1.165) is 77.0 Å². The average Bonchev–Trinajstić information content (AvgIpc) is 3.27. The predicted octanol–water partition coefficient (Wildman–Crippen LogP) is 16.5. The number of esters is 1. The van der Waals surface area contributed by atoms with Crippen molar-refractivity contribution in [2.24, 2.45) is 0 Å². The van der Waals surface area contributed by atoms with E-state index in [2.05, 4.69) is 43.5 Å². The molecule has 2 atom stereocenters. The van der Waals surface area contributed by atoms with Crippen LogP contribution in [0.3, 0.4) is 0 Å². The van der Waals surface area contributed by atoms with Crippen LogP contribution < -0.4 is 5.32 Å². The molecule has 6 nitrogen and oxygen atoms in total. The van der Waals surface area contributed by atoms with Crippen LogP contribution in [0.1, 0.15) is 284 Å². The van der Waals surface area contributed by atoms with E-state index < -0.39 is 12.1 Å². The van der Waals surface area contributed by atoms with E-state index in [1.54, 1.807) is 6.08 Å². The summed E-state index contributed by atoms with van der Waals surface area (Å²) in [5.74, 6) is -0.149. The Labute approximate surface area is 385 Å². The fraction of sp³-hybridized carbons (Fsp3) is 0.857. The van der Waals surface area contributed by atoms with Gasteiger partial charge in [0.25, 0.3) is 0 Å². The van der Waals surface area contributed by atoms with Gasteiger partial charge in [0.1, 0.15) is 0 Å². The topological polar surface area (TPSA) is 95.9 Å². The number of amides is 1. The van der Waals surface area contributed by atoms with Gasteiger partial charge in [-0.1, -0.05) is 224 Å². The smallest absolute Gasteiger partial charge is 0.305 e. The van der Waals surface area contributed by atoms with Gasteiger partial charge in [0.2, 0.25) is 5.91 Å². The van der Waals surface area contributed by atoms with Crippen molar-refractivity contribution in [3.8, 4) is 0 Å². The molecule has 0 aliphatic heterocycles. The van der Waals surface area contributed by atoms with E-state index in [1.807, 2.05) is 6.08 Å². The summed E-state index contributed by atoms with van der Waals surface area (Å²) in [4.78, 5) is 24.5. The van der Waals surface area contributed by atoms with Crippen LogP contribution in [0.4, 0.5) is 0 Å². The molecule has 3 N–H and O–H groups in total. The number of nitrogens with one attached hydrogen (secondary N) is 1. The minimum absolute atomic E-state index is 0.0459. The van der Waals surface area contributed by atoms with Crippen LogP contribution in [0.15, 0.2) is 36.5 Å². The Kier molecular flexibility index (Phi) is 50.1. The second-order valence-corrected chi connectivity index (χ2v) is 18.5. The molecule has 2 unspecified atom stereocenters. The molecule has 0 bridgehead atoms. The van der Waals surface area contributed by atoms with Crippen molar-refractivity contribution in [3.05, 3.63) is 36.5 Å². The molecule has 0 saturated heterocycles. The Hall–Kier alpha value is -1.92. The summed E-state index contributed by atoms with van der Waals surface area (Å²) in [5.41, 5.74) is 0. The van der Waals surface area contributed by atoms with Crippen molar-refractivity contribution in [2.45, 2.75) is 296 Å². The van der Waals surface area contributed by atoms with Crippen molar-refractivity contribution in [2.75, 3.05) is 13.2 Å². The number of hydrogen-bond acceptors (Lipinski definition) is 5. The third-order valence-corrected chi connectivity index (χ3v) is 12.4. The molecule has 0 rings (SSSR count). The molecule has 0 aromatic rings. The molecule has 364 valence electrons. The van der Waals surface area contributed by atoms with Gasteiger partial charge in [-0.25, -0.2) is 0 Å². The molecule has 0 radical (unpaired) electrons. The molecular formula is C56H105NO5. The van der Waals surface area contributed by atoms with Gasteiger partial charge in [0.15, 0.2) is 0 Å². The number of aliphatic hydroxyl groups excluding tert-OH is 2.